The van der Waals surface area contributed by atoms with Gasteiger partial charge in [-0.05, 0) is 31.4 Å². The summed E-state index contributed by atoms with van der Waals surface area (Å²) in [4.78, 5) is 16.2. The molecule has 1 aliphatic carbocycles. The number of carbonyl (C=O) groups is 1. The van der Waals surface area contributed by atoms with Gasteiger partial charge >= 0.3 is 5.97 Å². The standard InChI is InChI=1S/C19H23NO4/c1-3-16(15-9-10-17(21)13(2)19(15)23)20-11-18(22)24-12-14-7-5-4-6-8-14/h4-8,10,15,21,23H,3,9,11-12H2,1-2H3. The summed E-state index contributed by atoms with van der Waals surface area (Å²) in [6.07, 6.45) is 2.75. The minimum atomic E-state index is -0.404. The molecule has 5 nitrogen and oxygen atoms in total. The van der Waals surface area contributed by atoms with Crippen LogP contribution in [0.4, 0.5) is 0 Å². The average molecular weight is 329 g/mol. The van der Waals surface area contributed by atoms with Crippen molar-refractivity contribution in [1.29, 1.82) is 0 Å². The predicted molar refractivity (Wildman–Crippen MR) is 93.0 cm³/mol. The van der Waals surface area contributed by atoms with Crippen LogP contribution in [0.5, 0.6) is 0 Å². The zero-order valence-electron chi connectivity index (χ0n) is 14.0. The first kappa shape index (κ1) is 17.8. The number of benzene rings is 1. The fourth-order valence-electron chi connectivity index (χ4n) is 2.60. The van der Waals surface area contributed by atoms with Crippen LogP contribution in [0, 0.1) is 5.92 Å². The van der Waals surface area contributed by atoms with Crippen LogP contribution in [0.2, 0.25) is 0 Å². The number of hydrogen-bond donors (Lipinski definition) is 2. The highest BCUT2D eigenvalue weighted by Crippen LogP contribution is 2.28. The number of aliphatic hydroxyl groups excluding tert-OH is 2. The van der Waals surface area contributed by atoms with E-state index < -0.39 is 5.97 Å². The Morgan fingerprint density at radius 3 is 2.67 bits per heavy atom. The highest BCUT2D eigenvalue weighted by molar-refractivity contribution is 5.90. The number of aliphatic imine (C=N–C) groups is 1. The molecule has 0 radical (unpaired) electrons. The van der Waals surface area contributed by atoms with E-state index in [1.165, 1.54) is 0 Å². The highest BCUT2D eigenvalue weighted by Gasteiger charge is 2.25. The minimum absolute atomic E-state index is 0.0749. The lowest BCUT2D eigenvalue weighted by molar-refractivity contribution is -0.143. The number of aliphatic hydroxyl groups is 2. The molecule has 0 saturated heterocycles. The third kappa shape index (κ3) is 4.47. The molecule has 0 amide bonds. The second-order valence-corrected chi connectivity index (χ2v) is 5.70. The molecular formula is C19H23NO4. The predicted octanol–water partition coefficient (Wildman–Crippen LogP) is 3.87. The third-order valence-electron chi connectivity index (χ3n) is 4.06. The van der Waals surface area contributed by atoms with Crippen molar-refractivity contribution < 1.29 is 19.7 Å². The number of hydrogen-bond acceptors (Lipinski definition) is 5. The quantitative estimate of drug-likeness (QED) is 0.613. The van der Waals surface area contributed by atoms with Crippen molar-refractivity contribution >= 4 is 11.7 Å². The molecule has 128 valence electrons. The second kappa shape index (κ2) is 8.34. The van der Waals surface area contributed by atoms with Gasteiger partial charge in [-0.15, -0.1) is 0 Å². The van der Waals surface area contributed by atoms with Gasteiger partial charge in [0, 0.05) is 11.3 Å². The molecule has 0 spiro atoms. The van der Waals surface area contributed by atoms with Gasteiger partial charge in [-0.1, -0.05) is 37.3 Å². The Hall–Kier alpha value is -2.56. The summed E-state index contributed by atoms with van der Waals surface area (Å²) < 4.78 is 5.20. The van der Waals surface area contributed by atoms with Crippen LogP contribution in [0.25, 0.3) is 0 Å². The summed E-state index contributed by atoms with van der Waals surface area (Å²) in [6.45, 7) is 3.74. The maximum absolute atomic E-state index is 11.9. The molecule has 2 rings (SSSR count). The van der Waals surface area contributed by atoms with E-state index in [0.29, 0.717) is 18.4 Å². The summed E-state index contributed by atoms with van der Waals surface area (Å²) in [5.74, 6) is -0.471. The fraction of sp³-hybridized carbons (Fsp3) is 0.368. The summed E-state index contributed by atoms with van der Waals surface area (Å²) in [6, 6.07) is 9.46. The lowest BCUT2D eigenvalue weighted by Crippen LogP contribution is -2.22. The Kier molecular flexibility index (Phi) is 6.18. The zero-order chi connectivity index (χ0) is 17.5. The fourth-order valence-corrected chi connectivity index (χ4v) is 2.60. The molecule has 1 unspecified atom stereocenters. The van der Waals surface area contributed by atoms with Crippen LogP contribution < -0.4 is 0 Å². The van der Waals surface area contributed by atoms with Crippen molar-refractivity contribution in [2.75, 3.05) is 6.54 Å². The van der Waals surface area contributed by atoms with Gasteiger partial charge in [0.05, 0.1) is 5.92 Å². The van der Waals surface area contributed by atoms with Gasteiger partial charge in [0.2, 0.25) is 0 Å². The largest absolute Gasteiger partial charge is 0.511 e. The van der Waals surface area contributed by atoms with E-state index in [1.807, 2.05) is 37.3 Å². The van der Waals surface area contributed by atoms with E-state index in [4.69, 9.17) is 4.74 Å². The number of allylic oxidation sites excluding steroid dienone is 3. The molecule has 0 aliphatic heterocycles. The molecule has 0 aromatic heterocycles. The molecule has 0 heterocycles. The van der Waals surface area contributed by atoms with Crippen molar-refractivity contribution in [3.8, 4) is 0 Å². The SMILES string of the molecule is CCC(=NCC(=O)OCc1ccccc1)C1CC=C(O)C(C)=C1O. The first-order valence-corrected chi connectivity index (χ1v) is 8.04. The zero-order valence-corrected chi connectivity index (χ0v) is 14.0. The lowest BCUT2D eigenvalue weighted by atomic mass is 9.88. The van der Waals surface area contributed by atoms with Gasteiger partial charge in [-0.2, -0.15) is 0 Å². The summed E-state index contributed by atoms with van der Waals surface area (Å²) in [5, 5.41) is 19.9. The molecule has 1 aromatic rings. The highest BCUT2D eigenvalue weighted by atomic mass is 16.5. The first-order chi connectivity index (χ1) is 11.5. The number of nitrogens with zero attached hydrogens (tertiary/aromatic N) is 1. The Balaban J connectivity index is 1.95. The van der Waals surface area contributed by atoms with E-state index in [2.05, 4.69) is 4.99 Å². The molecule has 2 N–H and O–H groups in total. The topological polar surface area (TPSA) is 79.1 Å². The minimum Gasteiger partial charge on any atom is -0.511 e. The Labute approximate surface area is 142 Å². The van der Waals surface area contributed by atoms with E-state index >= 15 is 0 Å². The van der Waals surface area contributed by atoms with Gasteiger partial charge in [0.25, 0.3) is 0 Å². The Bertz CT molecular complexity index is 674. The molecule has 0 bridgehead atoms. The maximum atomic E-state index is 11.9. The number of carbonyl (C=O) groups excluding carboxylic acids is 1. The van der Waals surface area contributed by atoms with Gasteiger partial charge < -0.3 is 14.9 Å². The molecule has 1 aliphatic rings. The monoisotopic (exact) mass is 329 g/mol. The van der Waals surface area contributed by atoms with E-state index in [-0.39, 0.29) is 30.6 Å². The Morgan fingerprint density at radius 1 is 1.29 bits per heavy atom. The van der Waals surface area contributed by atoms with Crippen molar-refractivity contribution in [2.24, 2.45) is 10.9 Å². The lowest BCUT2D eigenvalue weighted by Gasteiger charge is -2.22. The van der Waals surface area contributed by atoms with Crippen molar-refractivity contribution in [2.45, 2.75) is 33.3 Å². The Morgan fingerprint density at radius 2 is 2.00 bits per heavy atom. The molecule has 0 fully saturated rings. The van der Waals surface area contributed by atoms with E-state index in [9.17, 15) is 15.0 Å². The van der Waals surface area contributed by atoms with Gasteiger partial charge in [-0.25, -0.2) is 0 Å². The average Bonchev–Trinajstić information content (AvgIpc) is 2.61. The molecule has 1 atom stereocenters. The van der Waals surface area contributed by atoms with Gasteiger partial charge in [0.1, 0.15) is 24.7 Å². The van der Waals surface area contributed by atoms with Crippen molar-refractivity contribution in [3.05, 3.63) is 59.1 Å². The van der Waals surface area contributed by atoms with Crippen LogP contribution in [-0.4, -0.2) is 28.4 Å². The van der Waals surface area contributed by atoms with Crippen LogP contribution in [-0.2, 0) is 16.1 Å². The first-order valence-electron chi connectivity index (χ1n) is 8.04. The number of esters is 1. The van der Waals surface area contributed by atoms with Gasteiger partial charge in [-0.3, -0.25) is 9.79 Å². The van der Waals surface area contributed by atoms with Crippen LogP contribution in [0.1, 0.15) is 32.3 Å². The number of ether oxygens (including phenoxy) is 1. The summed E-state index contributed by atoms with van der Waals surface area (Å²) in [7, 11) is 0. The molecule has 1 aromatic carbocycles. The molecule has 5 heteroatoms. The molecular weight excluding hydrogens is 306 g/mol. The van der Waals surface area contributed by atoms with E-state index in [0.717, 1.165) is 11.3 Å². The van der Waals surface area contributed by atoms with Crippen molar-refractivity contribution in [1.82, 2.24) is 0 Å². The maximum Gasteiger partial charge on any atom is 0.328 e. The van der Waals surface area contributed by atoms with Crippen LogP contribution in [0.3, 0.4) is 0 Å². The molecule has 24 heavy (non-hydrogen) atoms. The van der Waals surface area contributed by atoms with E-state index in [1.54, 1.807) is 13.0 Å². The summed E-state index contributed by atoms with van der Waals surface area (Å²) >= 11 is 0. The molecule has 0 saturated carbocycles. The smallest absolute Gasteiger partial charge is 0.328 e. The third-order valence-corrected chi connectivity index (χ3v) is 4.06. The normalized spacial score (nSPS) is 18.3. The summed E-state index contributed by atoms with van der Waals surface area (Å²) in [5.41, 5.74) is 2.11. The number of rotatable bonds is 6. The van der Waals surface area contributed by atoms with Crippen LogP contribution in [0.15, 0.2) is 58.5 Å². The van der Waals surface area contributed by atoms with Crippen LogP contribution >= 0.6 is 0 Å². The van der Waals surface area contributed by atoms with Gasteiger partial charge in [0.15, 0.2) is 0 Å². The second-order valence-electron chi connectivity index (χ2n) is 5.70. The van der Waals surface area contributed by atoms with Crippen molar-refractivity contribution in [3.63, 3.8) is 0 Å².